The van der Waals surface area contributed by atoms with E-state index in [4.69, 9.17) is 7.85 Å². The monoisotopic (exact) mass is 96.1 g/mol. The van der Waals surface area contributed by atoms with Crippen molar-refractivity contribution in [2.45, 2.75) is 33.0 Å². The molecule has 2 radical (unpaired) electrons. The lowest BCUT2D eigenvalue weighted by Crippen LogP contribution is -1.89. The largest absolute Gasteiger partial charge is 0.0884 e. The third-order valence-corrected chi connectivity index (χ3v) is 1.36. The summed E-state index contributed by atoms with van der Waals surface area (Å²) in [6, 6.07) is 0. The average Bonchev–Trinajstić information content (AvgIpc) is 1.68. The van der Waals surface area contributed by atoms with Gasteiger partial charge in [0.15, 0.2) is 0 Å². The van der Waals surface area contributed by atoms with Crippen molar-refractivity contribution in [2.75, 3.05) is 0 Å². The van der Waals surface area contributed by atoms with E-state index in [0.717, 1.165) is 12.2 Å². The highest BCUT2D eigenvalue weighted by Crippen LogP contribution is 2.06. The lowest BCUT2D eigenvalue weighted by atomic mass is 9.93. The number of rotatable bonds is 3. The molecule has 0 saturated carbocycles. The molecule has 0 aliphatic rings. The Balaban J connectivity index is 2.83. The Morgan fingerprint density at radius 3 is 2.29 bits per heavy atom. The molecule has 0 bridgehead atoms. The first-order chi connectivity index (χ1) is 3.31. The Kier molecular flexibility index (Phi) is 4.27. The third kappa shape index (κ3) is 3.91. The van der Waals surface area contributed by atoms with Crippen molar-refractivity contribution in [1.82, 2.24) is 0 Å². The zero-order chi connectivity index (χ0) is 5.70. The second-order valence-electron chi connectivity index (χ2n) is 2.09. The van der Waals surface area contributed by atoms with Gasteiger partial charge in [-0.3, -0.25) is 0 Å². The van der Waals surface area contributed by atoms with Crippen LogP contribution >= 0.6 is 0 Å². The van der Waals surface area contributed by atoms with Gasteiger partial charge in [-0.15, -0.1) is 0 Å². The van der Waals surface area contributed by atoms with E-state index in [1.54, 1.807) is 0 Å². The summed E-state index contributed by atoms with van der Waals surface area (Å²) in [6.45, 7) is 4.42. The zero-order valence-corrected chi connectivity index (χ0v) is 5.28. The van der Waals surface area contributed by atoms with Gasteiger partial charge in [-0.1, -0.05) is 33.0 Å². The van der Waals surface area contributed by atoms with Crippen molar-refractivity contribution in [3.05, 3.63) is 0 Å². The van der Waals surface area contributed by atoms with Gasteiger partial charge in [0.1, 0.15) is 0 Å². The Morgan fingerprint density at radius 2 is 2.14 bits per heavy atom. The average molecular weight is 96.0 g/mol. The zero-order valence-electron chi connectivity index (χ0n) is 5.28. The van der Waals surface area contributed by atoms with E-state index in [0.29, 0.717) is 0 Å². The van der Waals surface area contributed by atoms with E-state index in [2.05, 4.69) is 13.8 Å². The molecule has 1 unspecified atom stereocenters. The van der Waals surface area contributed by atoms with Crippen LogP contribution in [0.15, 0.2) is 0 Å². The standard InChI is InChI=1S/C6H13B/c1-3-6(2)4-5-7/h6H,3-5H2,1-2H3. The molecule has 0 spiro atoms. The lowest BCUT2D eigenvalue weighted by Gasteiger charge is -2.02. The molecule has 0 aromatic heterocycles. The second kappa shape index (κ2) is 4.23. The summed E-state index contributed by atoms with van der Waals surface area (Å²) in [4.78, 5) is 0. The predicted octanol–water partition coefficient (Wildman–Crippen LogP) is 2.01. The number of hydrogen-bond donors (Lipinski definition) is 0. The van der Waals surface area contributed by atoms with Gasteiger partial charge < -0.3 is 0 Å². The summed E-state index contributed by atoms with van der Waals surface area (Å²) in [5, 5.41) is 0. The molecular formula is C6H13B. The van der Waals surface area contributed by atoms with Gasteiger partial charge in [-0.2, -0.15) is 0 Å². The van der Waals surface area contributed by atoms with E-state index in [1.165, 1.54) is 12.8 Å². The summed E-state index contributed by atoms with van der Waals surface area (Å²) in [6.07, 6.45) is 3.28. The molecule has 0 aromatic carbocycles. The minimum atomic E-state index is 0.824. The van der Waals surface area contributed by atoms with Crippen molar-refractivity contribution in [3.63, 3.8) is 0 Å². The summed E-state index contributed by atoms with van der Waals surface area (Å²) in [5.74, 6) is 0.824. The van der Waals surface area contributed by atoms with Gasteiger partial charge in [0.2, 0.25) is 0 Å². The molecule has 1 atom stereocenters. The molecule has 0 amide bonds. The molecule has 40 valence electrons. The van der Waals surface area contributed by atoms with Crippen LogP contribution in [0.1, 0.15) is 26.7 Å². The summed E-state index contributed by atoms with van der Waals surface area (Å²) in [7, 11) is 5.30. The molecule has 0 fully saturated rings. The SMILES string of the molecule is [B]CCC(C)CC. The highest BCUT2D eigenvalue weighted by atomic mass is 14.0. The third-order valence-electron chi connectivity index (χ3n) is 1.36. The maximum absolute atomic E-state index is 5.30. The van der Waals surface area contributed by atoms with E-state index in [1.807, 2.05) is 0 Å². The van der Waals surface area contributed by atoms with Crippen molar-refractivity contribution < 1.29 is 0 Å². The van der Waals surface area contributed by atoms with Crippen LogP contribution in [0.25, 0.3) is 0 Å². The van der Waals surface area contributed by atoms with Crippen molar-refractivity contribution in [3.8, 4) is 0 Å². The fourth-order valence-electron chi connectivity index (χ4n) is 0.489. The van der Waals surface area contributed by atoms with Gasteiger partial charge in [-0.25, -0.2) is 0 Å². The minimum Gasteiger partial charge on any atom is -0.0884 e. The van der Waals surface area contributed by atoms with Crippen LogP contribution in [0.2, 0.25) is 6.32 Å². The molecule has 0 nitrogen and oxygen atoms in total. The highest BCUT2D eigenvalue weighted by molar-refractivity contribution is 6.08. The maximum Gasteiger partial charge on any atom is 0.0653 e. The van der Waals surface area contributed by atoms with Gasteiger partial charge in [0.25, 0.3) is 0 Å². The van der Waals surface area contributed by atoms with Crippen molar-refractivity contribution >= 4 is 7.85 Å². The van der Waals surface area contributed by atoms with Crippen LogP contribution in [0, 0.1) is 5.92 Å². The molecule has 7 heavy (non-hydrogen) atoms. The molecule has 1 heteroatoms. The van der Waals surface area contributed by atoms with Gasteiger partial charge >= 0.3 is 0 Å². The molecular weight excluding hydrogens is 82.9 g/mol. The van der Waals surface area contributed by atoms with Crippen molar-refractivity contribution in [1.29, 1.82) is 0 Å². The Bertz CT molecular complexity index is 35.2. The van der Waals surface area contributed by atoms with Crippen LogP contribution in [-0.2, 0) is 0 Å². The smallest absolute Gasteiger partial charge is 0.0653 e. The first-order valence-electron chi connectivity index (χ1n) is 3.01. The van der Waals surface area contributed by atoms with E-state index in [9.17, 15) is 0 Å². The molecule has 0 aliphatic heterocycles. The van der Waals surface area contributed by atoms with E-state index >= 15 is 0 Å². The van der Waals surface area contributed by atoms with Crippen LogP contribution in [0.5, 0.6) is 0 Å². The molecule has 0 rings (SSSR count). The number of hydrogen-bond acceptors (Lipinski definition) is 0. The summed E-state index contributed by atoms with van der Waals surface area (Å²) < 4.78 is 0. The summed E-state index contributed by atoms with van der Waals surface area (Å²) >= 11 is 0. The normalized spacial score (nSPS) is 14.0. The van der Waals surface area contributed by atoms with Crippen LogP contribution in [-0.4, -0.2) is 7.85 Å². The Hall–Kier alpha value is 0.0649. The van der Waals surface area contributed by atoms with Crippen molar-refractivity contribution in [2.24, 2.45) is 5.92 Å². The molecule has 0 saturated heterocycles. The van der Waals surface area contributed by atoms with Gasteiger partial charge in [0, 0.05) is 0 Å². The second-order valence-corrected chi connectivity index (χ2v) is 2.09. The molecule has 0 N–H and O–H groups in total. The quantitative estimate of drug-likeness (QED) is 0.471. The maximum atomic E-state index is 5.30. The lowest BCUT2D eigenvalue weighted by molar-refractivity contribution is 0.544. The predicted molar refractivity (Wildman–Crippen MR) is 34.6 cm³/mol. The van der Waals surface area contributed by atoms with Crippen LogP contribution in [0.4, 0.5) is 0 Å². The van der Waals surface area contributed by atoms with Gasteiger partial charge in [-0.05, 0) is 5.92 Å². The molecule has 0 heterocycles. The van der Waals surface area contributed by atoms with E-state index in [-0.39, 0.29) is 0 Å². The first kappa shape index (κ1) is 7.06. The van der Waals surface area contributed by atoms with Crippen LogP contribution < -0.4 is 0 Å². The highest BCUT2D eigenvalue weighted by Gasteiger charge is 1.92. The van der Waals surface area contributed by atoms with E-state index < -0.39 is 0 Å². The Morgan fingerprint density at radius 1 is 1.57 bits per heavy atom. The minimum absolute atomic E-state index is 0.824. The van der Waals surface area contributed by atoms with Gasteiger partial charge in [0.05, 0.1) is 7.85 Å². The summed E-state index contributed by atoms with van der Waals surface area (Å²) in [5.41, 5.74) is 0. The Labute approximate surface area is 47.7 Å². The fraction of sp³-hybridized carbons (Fsp3) is 1.00. The van der Waals surface area contributed by atoms with Crippen LogP contribution in [0.3, 0.4) is 0 Å². The fourth-order valence-corrected chi connectivity index (χ4v) is 0.489. The molecule has 0 aliphatic carbocycles. The molecule has 0 aromatic rings. The first-order valence-corrected chi connectivity index (χ1v) is 3.01. The topological polar surface area (TPSA) is 0 Å².